The molecule has 6 nitrogen and oxygen atoms in total. The van der Waals surface area contributed by atoms with Gasteiger partial charge in [-0.15, -0.1) is 0 Å². The first-order valence-electron chi connectivity index (χ1n) is 11.0. The number of hydrogen-bond acceptors (Lipinski definition) is 5. The van der Waals surface area contributed by atoms with Gasteiger partial charge in [0.05, 0.1) is 25.5 Å². The molecular weight excluding hydrogens is 600 g/mol. The lowest BCUT2D eigenvalue weighted by atomic mass is 10.2. The minimum atomic E-state index is -4.59. The first-order chi connectivity index (χ1) is 18.4. The Kier molecular flexibility index (Phi) is 8.80. The lowest BCUT2D eigenvalue weighted by Gasteiger charge is -2.13. The fourth-order valence-electron chi connectivity index (χ4n) is 3.42. The first-order valence-corrected chi connectivity index (χ1v) is 12.9. The number of nitrogens with zero attached hydrogens (tertiary/aromatic N) is 1. The normalized spacial score (nSPS) is 14.7. The standard InChI is InChI=1S/C26H16Cl3F3N2O4S/c27-18-6-4-15(9-19(18)28)13-38-21-7-5-14(8-20(21)29)10-22-24(36)34(25(37)39-22)12-23(35)33-17-3-1-2-16(11-17)26(30,31)32/h1-11H,12-13H2,(H,33,35)/b22-10-. The van der Waals surface area contributed by atoms with E-state index in [0.717, 1.165) is 23.8 Å². The van der Waals surface area contributed by atoms with Crippen molar-refractivity contribution in [1.29, 1.82) is 0 Å². The number of anilines is 1. The summed E-state index contributed by atoms with van der Waals surface area (Å²) in [5.41, 5.74) is 0.212. The highest BCUT2D eigenvalue weighted by Crippen LogP contribution is 2.35. The largest absolute Gasteiger partial charge is 0.487 e. The topological polar surface area (TPSA) is 75.7 Å². The number of carbonyl (C=O) groups excluding carboxylic acids is 3. The molecule has 0 radical (unpaired) electrons. The summed E-state index contributed by atoms with van der Waals surface area (Å²) in [6, 6.07) is 13.9. The molecule has 1 saturated heterocycles. The van der Waals surface area contributed by atoms with Crippen molar-refractivity contribution in [3.05, 3.63) is 97.3 Å². The predicted molar refractivity (Wildman–Crippen MR) is 145 cm³/mol. The Morgan fingerprint density at radius 2 is 1.74 bits per heavy atom. The van der Waals surface area contributed by atoms with Crippen LogP contribution in [0.1, 0.15) is 16.7 Å². The van der Waals surface area contributed by atoms with Gasteiger partial charge in [-0.05, 0) is 71.4 Å². The van der Waals surface area contributed by atoms with E-state index in [9.17, 15) is 27.6 Å². The van der Waals surface area contributed by atoms with E-state index in [-0.39, 0.29) is 22.2 Å². The van der Waals surface area contributed by atoms with Crippen LogP contribution in [0.15, 0.2) is 65.6 Å². The summed E-state index contributed by atoms with van der Waals surface area (Å²) in [5.74, 6) is -1.18. The maximum atomic E-state index is 12.9. The minimum absolute atomic E-state index is 0.0485. The lowest BCUT2D eigenvalue weighted by molar-refractivity contribution is -0.137. The zero-order chi connectivity index (χ0) is 28.3. The first kappa shape index (κ1) is 28.8. The number of nitrogens with one attached hydrogen (secondary N) is 1. The molecule has 0 saturated carbocycles. The van der Waals surface area contributed by atoms with E-state index < -0.39 is 35.3 Å². The van der Waals surface area contributed by atoms with Gasteiger partial charge in [-0.2, -0.15) is 13.2 Å². The Morgan fingerprint density at radius 3 is 2.44 bits per heavy atom. The Bertz CT molecular complexity index is 1500. The number of benzene rings is 3. The van der Waals surface area contributed by atoms with Gasteiger partial charge < -0.3 is 10.1 Å². The SMILES string of the molecule is O=C(CN1C(=O)S/C(=C\c2ccc(OCc3ccc(Cl)c(Cl)c3)c(Cl)c2)C1=O)Nc1cccc(C(F)(F)F)c1. The highest BCUT2D eigenvalue weighted by atomic mass is 35.5. The van der Waals surface area contributed by atoms with Crippen molar-refractivity contribution in [3.63, 3.8) is 0 Å². The number of imide groups is 1. The van der Waals surface area contributed by atoms with Crippen LogP contribution in [-0.2, 0) is 22.4 Å². The molecule has 0 aliphatic carbocycles. The second-order valence-corrected chi connectivity index (χ2v) is 10.3. The van der Waals surface area contributed by atoms with Crippen LogP contribution in [0.2, 0.25) is 15.1 Å². The molecule has 202 valence electrons. The molecule has 1 heterocycles. The van der Waals surface area contributed by atoms with E-state index in [4.69, 9.17) is 39.5 Å². The number of halogens is 6. The number of ether oxygens (including phenoxy) is 1. The van der Waals surface area contributed by atoms with Gasteiger partial charge in [0.1, 0.15) is 18.9 Å². The summed E-state index contributed by atoms with van der Waals surface area (Å²) in [6.45, 7) is -0.488. The van der Waals surface area contributed by atoms with E-state index in [2.05, 4.69) is 5.32 Å². The van der Waals surface area contributed by atoms with Crippen molar-refractivity contribution in [2.45, 2.75) is 12.8 Å². The molecule has 1 fully saturated rings. The minimum Gasteiger partial charge on any atom is -0.487 e. The molecule has 0 spiro atoms. The van der Waals surface area contributed by atoms with Gasteiger partial charge >= 0.3 is 6.18 Å². The summed E-state index contributed by atoms with van der Waals surface area (Å²) < 4.78 is 44.4. The fourth-order valence-corrected chi connectivity index (χ4v) is 4.82. The lowest BCUT2D eigenvalue weighted by Crippen LogP contribution is -2.36. The second kappa shape index (κ2) is 11.9. The molecule has 4 rings (SSSR count). The quantitative estimate of drug-likeness (QED) is 0.273. The molecule has 3 aromatic carbocycles. The van der Waals surface area contributed by atoms with Gasteiger partial charge in [-0.3, -0.25) is 19.3 Å². The van der Waals surface area contributed by atoms with E-state index in [0.29, 0.717) is 38.0 Å². The Balaban J connectivity index is 1.39. The molecule has 3 aromatic rings. The van der Waals surface area contributed by atoms with Crippen LogP contribution >= 0.6 is 46.6 Å². The zero-order valence-corrected chi connectivity index (χ0v) is 22.6. The van der Waals surface area contributed by atoms with Crippen LogP contribution in [0.3, 0.4) is 0 Å². The third kappa shape index (κ3) is 7.27. The van der Waals surface area contributed by atoms with Crippen LogP contribution in [0, 0.1) is 0 Å². The maximum absolute atomic E-state index is 12.9. The van der Waals surface area contributed by atoms with Gasteiger partial charge in [0, 0.05) is 5.69 Å². The van der Waals surface area contributed by atoms with E-state index in [1.54, 1.807) is 36.4 Å². The molecule has 13 heteroatoms. The van der Waals surface area contributed by atoms with Crippen molar-refractivity contribution >= 4 is 75.4 Å². The van der Waals surface area contributed by atoms with Crippen LogP contribution < -0.4 is 10.1 Å². The predicted octanol–water partition coefficient (Wildman–Crippen LogP) is 7.92. The molecule has 0 aromatic heterocycles. The third-order valence-corrected chi connectivity index (χ3v) is 7.22. The molecule has 0 unspecified atom stereocenters. The average molecular weight is 616 g/mol. The highest BCUT2D eigenvalue weighted by Gasteiger charge is 2.36. The Labute approximate surface area is 239 Å². The number of thioether (sulfide) groups is 1. The zero-order valence-electron chi connectivity index (χ0n) is 19.5. The molecule has 0 bridgehead atoms. The fraction of sp³-hybridized carbons (Fsp3) is 0.115. The third-order valence-electron chi connectivity index (χ3n) is 5.28. The van der Waals surface area contributed by atoms with Crippen molar-refractivity contribution in [2.24, 2.45) is 0 Å². The van der Waals surface area contributed by atoms with Crippen molar-refractivity contribution in [3.8, 4) is 5.75 Å². The van der Waals surface area contributed by atoms with E-state index >= 15 is 0 Å². The monoisotopic (exact) mass is 614 g/mol. The van der Waals surface area contributed by atoms with E-state index in [1.807, 2.05) is 0 Å². The van der Waals surface area contributed by atoms with E-state index in [1.165, 1.54) is 12.1 Å². The van der Waals surface area contributed by atoms with Crippen LogP contribution in [0.5, 0.6) is 5.75 Å². The number of carbonyl (C=O) groups is 3. The highest BCUT2D eigenvalue weighted by molar-refractivity contribution is 8.18. The Morgan fingerprint density at radius 1 is 0.974 bits per heavy atom. The molecule has 1 aliphatic heterocycles. The maximum Gasteiger partial charge on any atom is 0.416 e. The Hall–Kier alpha value is -3.18. The molecular formula is C26H16Cl3F3N2O4S. The molecule has 1 aliphatic rings. The van der Waals surface area contributed by atoms with Crippen molar-refractivity contribution in [2.75, 3.05) is 11.9 Å². The van der Waals surface area contributed by atoms with Gasteiger partial charge in [-0.25, -0.2) is 0 Å². The summed E-state index contributed by atoms with van der Waals surface area (Å²) in [4.78, 5) is 38.3. The van der Waals surface area contributed by atoms with Crippen LogP contribution in [0.25, 0.3) is 6.08 Å². The summed E-state index contributed by atoms with van der Waals surface area (Å²) in [7, 11) is 0. The average Bonchev–Trinajstić information content (AvgIpc) is 3.12. The summed E-state index contributed by atoms with van der Waals surface area (Å²) in [5, 5.41) is 2.64. The van der Waals surface area contributed by atoms with Gasteiger partial charge in [0.15, 0.2) is 0 Å². The summed E-state index contributed by atoms with van der Waals surface area (Å²) >= 11 is 18.9. The number of rotatable bonds is 7. The van der Waals surface area contributed by atoms with Gasteiger partial charge in [-0.1, -0.05) is 53.0 Å². The molecule has 0 atom stereocenters. The molecule has 39 heavy (non-hydrogen) atoms. The number of alkyl halides is 3. The molecule has 3 amide bonds. The smallest absolute Gasteiger partial charge is 0.416 e. The number of amides is 3. The van der Waals surface area contributed by atoms with Crippen LogP contribution in [-0.4, -0.2) is 28.5 Å². The van der Waals surface area contributed by atoms with Crippen molar-refractivity contribution < 1.29 is 32.3 Å². The molecule has 1 N–H and O–H groups in total. The van der Waals surface area contributed by atoms with Gasteiger partial charge in [0.2, 0.25) is 5.91 Å². The van der Waals surface area contributed by atoms with Crippen LogP contribution in [0.4, 0.5) is 23.7 Å². The summed E-state index contributed by atoms with van der Waals surface area (Å²) in [6.07, 6.45) is -3.15. The van der Waals surface area contributed by atoms with Gasteiger partial charge in [0.25, 0.3) is 11.1 Å². The number of hydrogen-bond donors (Lipinski definition) is 1. The van der Waals surface area contributed by atoms with Crippen molar-refractivity contribution in [1.82, 2.24) is 4.90 Å². The second-order valence-electron chi connectivity index (χ2n) is 8.12.